The Morgan fingerprint density at radius 1 is 1.04 bits per heavy atom. The van der Waals surface area contributed by atoms with Gasteiger partial charge in [-0.25, -0.2) is 18.4 Å². The predicted octanol–water partition coefficient (Wildman–Crippen LogP) is 1.37. The van der Waals surface area contributed by atoms with Crippen molar-refractivity contribution < 1.29 is 13.2 Å². The number of fused-ring (bicyclic) bond motifs is 1. The molecular formula is C18H22N4O3S. The fraction of sp³-hybridized carbons (Fsp3) is 0.444. The third kappa shape index (κ3) is 3.20. The number of aryl methyl sites for hydroxylation is 1. The fourth-order valence-electron chi connectivity index (χ4n) is 3.48. The van der Waals surface area contributed by atoms with Crippen molar-refractivity contribution in [3.63, 3.8) is 0 Å². The summed E-state index contributed by atoms with van der Waals surface area (Å²) in [4.78, 5) is 11.7. The summed E-state index contributed by atoms with van der Waals surface area (Å²) in [6.07, 6.45) is 0.599. The van der Waals surface area contributed by atoms with Crippen LogP contribution < -0.4 is 4.90 Å². The van der Waals surface area contributed by atoms with Gasteiger partial charge in [0, 0.05) is 38.2 Å². The third-order valence-corrected chi connectivity index (χ3v) is 6.67. The van der Waals surface area contributed by atoms with E-state index < -0.39 is 10.0 Å². The number of aromatic nitrogens is 2. The van der Waals surface area contributed by atoms with E-state index in [1.165, 1.54) is 4.31 Å². The monoisotopic (exact) mass is 374 g/mol. The van der Waals surface area contributed by atoms with Gasteiger partial charge in [0.15, 0.2) is 0 Å². The first kappa shape index (κ1) is 17.4. The highest BCUT2D eigenvalue weighted by Gasteiger charge is 2.32. The van der Waals surface area contributed by atoms with Crippen LogP contribution in [-0.4, -0.2) is 55.5 Å². The number of ether oxygens (including phenoxy) is 1. The second-order valence-electron chi connectivity index (χ2n) is 6.52. The zero-order valence-electron chi connectivity index (χ0n) is 14.8. The van der Waals surface area contributed by atoms with Gasteiger partial charge >= 0.3 is 0 Å². The number of sulfonamides is 1. The molecule has 0 amide bonds. The number of hydrogen-bond donors (Lipinski definition) is 0. The van der Waals surface area contributed by atoms with Crippen LogP contribution in [0.25, 0.3) is 0 Å². The van der Waals surface area contributed by atoms with Gasteiger partial charge in [0.2, 0.25) is 10.0 Å². The van der Waals surface area contributed by atoms with Crippen molar-refractivity contribution in [2.75, 3.05) is 37.7 Å². The van der Waals surface area contributed by atoms with Crippen molar-refractivity contribution in [1.82, 2.24) is 14.3 Å². The summed E-state index contributed by atoms with van der Waals surface area (Å²) in [7, 11) is -3.53. The molecule has 1 aromatic heterocycles. The number of benzene rings is 1. The molecule has 3 heterocycles. The minimum atomic E-state index is -3.53. The van der Waals surface area contributed by atoms with E-state index in [0.717, 1.165) is 36.0 Å². The van der Waals surface area contributed by atoms with Gasteiger partial charge in [-0.1, -0.05) is 18.2 Å². The van der Waals surface area contributed by atoms with E-state index in [4.69, 9.17) is 4.74 Å². The Hall–Kier alpha value is -2.03. The minimum Gasteiger partial charge on any atom is -0.378 e. The number of rotatable bonds is 3. The molecule has 138 valence electrons. The maximum absolute atomic E-state index is 13.0. The van der Waals surface area contributed by atoms with Gasteiger partial charge in [0.05, 0.1) is 23.8 Å². The normalized spacial score (nSPS) is 18.6. The number of anilines is 1. The average molecular weight is 374 g/mol. The predicted molar refractivity (Wildman–Crippen MR) is 97.5 cm³/mol. The van der Waals surface area contributed by atoms with Crippen LogP contribution in [-0.2, 0) is 27.7 Å². The van der Waals surface area contributed by atoms with Gasteiger partial charge in [-0.05, 0) is 19.1 Å². The Kier molecular flexibility index (Phi) is 4.64. The lowest BCUT2D eigenvalue weighted by Gasteiger charge is -2.34. The van der Waals surface area contributed by atoms with Crippen molar-refractivity contribution in [2.45, 2.75) is 24.8 Å². The Bertz CT molecular complexity index is 896. The van der Waals surface area contributed by atoms with Gasteiger partial charge < -0.3 is 9.64 Å². The van der Waals surface area contributed by atoms with Crippen molar-refractivity contribution in [3.8, 4) is 0 Å². The maximum atomic E-state index is 13.0. The van der Waals surface area contributed by atoms with E-state index in [1.54, 1.807) is 24.3 Å². The number of nitrogens with zero attached hydrogens (tertiary/aromatic N) is 4. The van der Waals surface area contributed by atoms with E-state index in [-0.39, 0.29) is 0 Å². The molecule has 0 radical (unpaired) electrons. The molecule has 1 aromatic carbocycles. The largest absolute Gasteiger partial charge is 0.378 e. The first-order valence-corrected chi connectivity index (χ1v) is 10.2. The van der Waals surface area contributed by atoms with Gasteiger partial charge in [-0.3, -0.25) is 0 Å². The molecule has 26 heavy (non-hydrogen) atoms. The molecule has 8 heteroatoms. The Morgan fingerprint density at radius 2 is 1.77 bits per heavy atom. The van der Waals surface area contributed by atoms with Crippen molar-refractivity contribution in [1.29, 1.82) is 0 Å². The molecule has 4 rings (SSSR count). The van der Waals surface area contributed by atoms with Crippen LogP contribution in [0.2, 0.25) is 0 Å². The van der Waals surface area contributed by atoms with Crippen LogP contribution in [0.4, 0.5) is 5.82 Å². The molecule has 2 aliphatic rings. The molecule has 1 saturated heterocycles. The standard InChI is InChI=1S/C18H22N4O3S/c1-14-19-17-7-8-22(26(23,24)15-5-3-2-4-6-15)13-16(17)18(20-14)21-9-11-25-12-10-21/h2-6H,7-13H2,1H3. The third-order valence-electron chi connectivity index (χ3n) is 4.81. The SMILES string of the molecule is Cc1nc2c(c(N3CCOCC3)n1)CN(S(=O)(=O)c1ccccc1)CC2. The van der Waals surface area contributed by atoms with E-state index >= 15 is 0 Å². The molecule has 0 atom stereocenters. The van der Waals surface area contributed by atoms with E-state index in [9.17, 15) is 8.42 Å². The molecule has 0 bridgehead atoms. The summed E-state index contributed by atoms with van der Waals surface area (Å²) in [5.41, 5.74) is 1.88. The van der Waals surface area contributed by atoms with Crippen LogP contribution in [0.3, 0.4) is 0 Å². The van der Waals surface area contributed by atoms with Crippen molar-refractivity contribution in [3.05, 3.63) is 47.4 Å². The topological polar surface area (TPSA) is 75.6 Å². The van der Waals surface area contributed by atoms with E-state index in [2.05, 4.69) is 14.9 Å². The Balaban J connectivity index is 1.70. The first-order chi connectivity index (χ1) is 12.6. The van der Waals surface area contributed by atoms with Crippen LogP contribution in [0.5, 0.6) is 0 Å². The highest BCUT2D eigenvalue weighted by atomic mass is 32.2. The second kappa shape index (κ2) is 6.94. The van der Waals surface area contributed by atoms with Gasteiger partial charge in [-0.15, -0.1) is 0 Å². The molecule has 0 aliphatic carbocycles. The van der Waals surface area contributed by atoms with E-state index in [1.807, 2.05) is 13.0 Å². The first-order valence-electron chi connectivity index (χ1n) is 8.80. The van der Waals surface area contributed by atoms with Crippen LogP contribution in [0.1, 0.15) is 17.1 Å². The van der Waals surface area contributed by atoms with Crippen molar-refractivity contribution >= 4 is 15.8 Å². The molecular weight excluding hydrogens is 352 g/mol. The number of morpholine rings is 1. The molecule has 2 aromatic rings. The van der Waals surface area contributed by atoms with Gasteiger partial charge in [0.25, 0.3) is 0 Å². The summed E-state index contributed by atoms with van der Waals surface area (Å²) >= 11 is 0. The van der Waals surface area contributed by atoms with Gasteiger partial charge in [-0.2, -0.15) is 4.31 Å². The molecule has 7 nitrogen and oxygen atoms in total. The fourth-order valence-corrected chi connectivity index (χ4v) is 4.91. The number of hydrogen-bond acceptors (Lipinski definition) is 6. The highest BCUT2D eigenvalue weighted by molar-refractivity contribution is 7.89. The zero-order valence-corrected chi connectivity index (χ0v) is 15.6. The lowest BCUT2D eigenvalue weighted by molar-refractivity contribution is 0.122. The van der Waals surface area contributed by atoms with Crippen molar-refractivity contribution in [2.24, 2.45) is 0 Å². The summed E-state index contributed by atoms with van der Waals surface area (Å²) in [6.45, 7) is 5.45. The summed E-state index contributed by atoms with van der Waals surface area (Å²) in [6, 6.07) is 8.59. The smallest absolute Gasteiger partial charge is 0.243 e. The van der Waals surface area contributed by atoms with Crippen LogP contribution in [0.15, 0.2) is 35.2 Å². The quantitative estimate of drug-likeness (QED) is 0.808. The molecule has 0 unspecified atom stereocenters. The maximum Gasteiger partial charge on any atom is 0.243 e. The molecule has 0 N–H and O–H groups in total. The molecule has 0 saturated carbocycles. The van der Waals surface area contributed by atoms with Gasteiger partial charge in [0.1, 0.15) is 11.6 Å². The zero-order chi connectivity index (χ0) is 18.1. The van der Waals surface area contributed by atoms with E-state index in [0.29, 0.717) is 37.6 Å². The Labute approximate surface area is 153 Å². The summed E-state index contributed by atoms with van der Waals surface area (Å²) in [5, 5.41) is 0. The lowest BCUT2D eigenvalue weighted by Crippen LogP contribution is -2.41. The molecule has 0 spiro atoms. The van der Waals surface area contributed by atoms with Crippen LogP contribution >= 0.6 is 0 Å². The molecule has 2 aliphatic heterocycles. The Morgan fingerprint density at radius 3 is 2.50 bits per heavy atom. The summed E-state index contributed by atoms with van der Waals surface area (Å²) in [5.74, 6) is 1.58. The molecule has 1 fully saturated rings. The second-order valence-corrected chi connectivity index (χ2v) is 8.46. The minimum absolute atomic E-state index is 0.305. The summed E-state index contributed by atoms with van der Waals surface area (Å²) < 4.78 is 33.0. The highest BCUT2D eigenvalue weighted by Crippen LogP contribution is 2.30. The van der Waals surface area contributed by atoms with Crippen LogP contribution in [0, 0.1) is 6.92 Å². The average Bonchev–Trinajstić information content (AvgIpc) is 2.68. The lowest BCUT2D eigenvalue weighted by atomic mass is 10.1.